The van der Waals surface area contributed by atoms with Crippen molar-refractivity contribution in [3.63, 3.8) is 0 Å². The van der Waals surface area contributed by atoms with Crippen LogP contribution in [-0.2, 0) is 14.8 Å². The van der Waals surface area contributed by atoms with Gasteiger partial charge in [0.15, 0.2) is 0 Å². The molecule has 2 aromatic carbocycles. The highest BCUT2D eigenvalue weighted by atomic mass is 32.2. The SMILES string of the molecule is COc1ccccc1NC(=O)[C@H](C)N1CCN(S(=O)(=O)c2cccc(F)c2)CC1. The second kappa shape index (κ2) is 8.89. The number of sulfonamides is 1. The van der Waals surface area contributed by atoms with E-state index in [1.54, 1.807) is 25.1 Å². The van der Waals surface area contributed by atoms with E-state index in [9.17, 15) is 17.6 Å². The van der Waals surface area contributed by atoms with Crippen molar-refractivity contribution in [2.45, 2.75) is 17.9 Å². The smallest absolute Gasteiger partial charge is 0.243 e. The number of rotatable bonds is 6. The van der Waals surface area contributed by atoms with Crippen LogP contribution in [0.25, 0.3) is 0 Å². The van der Waals surface area contributed by atoms with Crippen LogP contribution in [0.4, 0.5) is 10.1 Å². The highest BCUT2D eigenvalue weighted by Crippen LogP contribution is 2.24. The van der Waals surface area contributed by atoms with Gasteiger partial charge in [0, 0.05) is 26.2 Å². The molecule has 0 unspecified atom stereocenters. The zero-order valence-corrected chi connectivity index (χ0v) is 17.2. The molecule has 0 saturated carbocycles. The topological polar surface area (TPSA) is 79.0 Å². The molecule has 7 nitrogen and oxygen atoms in total. The number of amides is 1. The van der Waals surface area contributed by atoms with Crippen LogP contribution in [0.15, 0.2) is 53.4 Å². The van der Waals surface area contributed by atoms with E-state index in [1.807, 2.05) is 11.0 Å². The second-order valence-electron chi connectivity index (χ2n) is 6.76. The highest BCUT2D eigenvalue weighted by molar-refractivity contribution is 7.89. The number of benzene rings is 2. The Kier molecular flexibility index (Phi) is 6.51. The first-order valence-electron chi connectivity index (χ1n) is 9.26. The van der Waals surface area contributed by atoms with Crippen LogP contribution in [0, 0.1) is 5.82 Å². The van der Waals surface area contributed by atoms with Crippen molar-refractivity contribution in [1.29, 1.82) is 0 Å². The Labute approximate surface area is 170 Å². The van der Waals surface area contributed by atoms with E-state index < -0.39 is 21.9 Å². The maximum Gasteiger partial charge on any atom is 0.243 e. The lowest BCUT2D eigenvalue weighted by molar-refractivity contribution is -0.121. The molecule has 3 rings (SSSR count). The molecule has 0 bridgehead atoms. The number of nitrogens with one attached hydrogen (secondary N) is 1. The number of para-hydroxylation sites is 2. The van der Waals surface area contributed by atoms with E-state index in [0.29, 0.717) is 24.5 Å². The molecule has 0 spiro atoms. The van der Waals surface area contributed by atoms with Gasteiger partial charge in [-0.25, -0.2) is 12.8 Å². The van der Waals surface area contributed by atoms with Crippen LogP contribution < -0.4 is 10.1 Å². The Bertz CT molecular complexity index is 975. The fourth-order valence-corrected chi connectivity index (χ4v) is 4.71. The van der Waals surface area contributed by atoms with Crippen molar-refractivity contribution in [3.05, 3.63) is 54.3 Å². The van der Waals surface area contributed by atoms with Crippen LogP contribution in [0.2, 0.25) is 0 Å². The molecule has 0 aliphatic carbocycles. The van der Waals surface area contributed by atoms with Gasteiger partial charge in [-0.2, -0.15) is 4.31 Å². The summed E-state index contributed by atoms with van der Waals surface area (Å²) in [5, 5.41) is 2.85. The van der Waals surface area contributed by atoms with Gasteiger partial charge in [0.2, 0.25) is 15.9 Å². The molecular formula is C20H24FN3O4S. The summed E-state index contributed by atoms with van der Waals surface area (Å²) in [5.74, 6) is -0.221. The van der Waals surface area contributed by atoms with E-state index >= 15 is 0 Å². The molecule has 9 heteroatoms. The molecule has 0 radical (unpaired) electrons. The first kappa shape index (κ1) is 21.2. The molecule has 1 amide bonds. The molecule has 1 aliphatic heterocycles. The third kappa shape index (κ3) is 4.75. The number of carbonyl (C=O) groups excluding carboxylic acids is 1. The second-order valence-corrected chi connectivity index (χ2v) is 8.70. The van der Waals surface area contributed by atoms with Crippen molar-refractivity contribution in [1.82, 2.24) is 9.21 Å². The van der Waals surface area contributed by atoms with Crippen LogP contribution >= 0.6 is 0 Å². The average molecular weight is 421 g/mol. The summed E-state index contributed by atoms with van der Waals surface area (Å²) < 4.78 is 45.4. The third-order valence-corrected chi connectivity index (χ3v) is 6.89. The van der Waals surface area contributed by atoms with E-state index in [0.717, 1.165) is 6.07 Å². The molecule has 2 aromatic rings. The summed E-state index contributed by atoms with van der Waals surface area (Å²) >= 11 is 0. The predicted octanol–water partition coefficient (Wildman–Crippen LogP) is 2.17. The molecule has 1 N–H and O–H groups in total. The van der Waals surface area contributed by atoms with Gasteiger partial charge in [-0.15, -0.1) is 0 Å². The zero-order valence-electron chi connectivity index (χ0n) is 16.3. The van der Waals surface area contributed by atoms with Crippen molar-refractivity contribution < 1.29 is 22.3 Å². The van der Waals surface area contributed by atoms with Crippen molar-refractivity contribution in [2.24, 2.45) is 0 Å². The fourth-order valence-electron chi connectivity index (χ4n) is 3.26. The summed E-state index contributed by atoms with van der Waals surface area (Å²) in [6.07, 6.45) is 0. The van der Waals surface area contributed by atoms with Gasteiger partial charge in [-0.1, -0.05) is 18.2 Å². The summed E-state index contributed by atoms with van der Waals surface area (Å²) in [6.45, 7) is 3.03. The summed E-state index contributed by atoms with van der Waals surface area (Å²) in [4.78, 5) is 14.5. The van der Waals surface area contributed by atoms with Crippen molar-refractivity contribution in [3.8, 4) is 5.75 Å². The largest absolute Gasteiger partial charge is 0.495 e. The van der Waals surface area contributed by atoms with Gasteiger partial charge in [0.1, 0.15) is 11.6 Å². The lowest BCUT2D eigenvalue weighted by Gasteiger charge is -2.36. The van der Waals surface area contributed by atoms with E-state index in [1.165, 1.54) is 29.6 Å². The Morgan fingerprint density at radius 3 is 2.45 bits per heavy atom. The number of ether oxygens (including phenoxy) is 1. The number of anilines is 1. The number of piperazine rings is 1. The monoisotopic (exact) mass is 421 g/mol. The molecule has 0 aromatic heterocycles. The van der Waals surface area contributed by atoms with Crippen LogP contribution in [0.1, 0.15) is 6.92 Å². The fraction of sp³-hybridized carbons (Fsp3) is 0.350. The maximum atomic E-state index is 13.4. The quantitative estimate of drug-likeness (QED) is 0.773. The number of hydrogen-bond acceptors (Lipinski definition) is 5. The average Bonchev–Trinajstić information content (AvgIpc) is 2.73. The van der Waals surface area contributed by atoms with E-state index in [2.05, 4.69) is 5.32 Å². The lowest BCUT2D eigenvalue weighted by Crippen LogP contribution is -2.53. The van der Waals surface area contributed by atoms with E-state index in [4.69, 9.17) is 4.74 Å². The predicted molar refractivity (Wildman–Crippen MR) is 108 cm³/mol. The Morgan fingerprint density at radius 1 is 1.10 bits per heavy atom. The molecule has 1 atom stereocenters. The molecule has 1 saturated heterocycles. The molecule has 156 valence electrons. The van der Waals surface area contributed by atoms with Crippen LogP contribution in [-0.4, -0.2) is 62.9 Å². The Hall–Kier alpha value is -2.49. The van der Waals surface area contributed by atoms with E-state index in [-0.39, 0.29) is 23.9 Å². The number of nitrogens with zero attached hydrogens (tertiary/aromatic N) is 2. The van der Waals surface area contributed by atoms with Crippen LogP contribution in [0.3, 0.4) is 0 Å². The Morgan fingerprint density at radius 2 is 1.79 bits per heavy atom. The van der Waals surface area contributed by atoms with Crippen molar-refractivity contribution >= 4 is 21.6 Å². The molecular weight excluding hydrogens is 397 g/mol. The minimum absolute atomic E-state index is 0.0621. The van der Waals surface area contributed by atoms with Gasteiger partial charge in [0.05, 0.1) is 23.7 Å². The van der Waals surface area contributed by atoms with Crippen molar-refractivity contribution in [2.75, 3.05) is 38.6 Å². The summed E-state index contributed by atoms with van der Waals surface area (Å²) in [5.41, 5.74) is 0.583. The van der Waals surface area contributed by atoms with Gasteiger partial charge in [-0.05, 0) is 37.3 Å². The summed E-state index contributed by atoms with van der Waals surface area (Å²) in [7, 11) is -2.23. The minimum Gasteiger partial charge on any atom is -0.495 e. The molecule has 1 fully saturated rings. The van der Waals surface area contributed by atoms with Gasteiger partial charge < -0.3 is 10.1 Å². The first-order chi connectivity index (χ1) is 13.8. The third-order valence-electron chi connectivity index (χ3n) is 5.00. The van der Waals surface area contributed by atoms with Crippen LogP contribution in [0.5, 0.6) is 5.75 Å². The number of halogens is 1. The summed E-state index contributed by atoms with van der Waals surface area (Å²) in [6, 6.07) is 11.7. The first-order valence-corrected chi connectivity index (χ1v) is 10.7. The highest BCUT2D eigenvalue weighted by Gasteiger charge is 2.32. The van der Waals surface area contributed by atoms with Gasteiger partial charge >= 0.3 is 0 Å². The maximum absolute atomic E-state index is 13.4. The standard InChI is InChI=1S/C20H24FN3O4S/c1-15(20(25)22-18-8-3-4-9-19(18)28-2)23-10-12-24(13-11-23)29(26,27)17-7-5-6-16(21)14-17/h3-9,14-15H,10-13H2,1-2H3,(H,22,25)/t15-/m0/s1. The Balaban J connectivity index is 1.62. The molecule has 1 aliphatic rings. The van der Waals surface area contributed by atoms with Gasteiger partial charge in [0.25, 0.3) is 0 Å². The normalized spacial score (nSPS) is 16.9. The van der Waals surface area contributed by atoms with Gasteiger partial charge in [-0.3, -0.25) is 9.69 Å². The zero-order chi connectivity index (χ0) is 21.0. The lowest BCUT2D eigenvalue weighted by atomic mass is 10.2. The molecule has 1 heterocycles. The number of hydrogen-bond donors (Lipinski definition) is 1. The number of methoxy groups -OCH3 is 1. The number of carbonyl (C=O) groups is 1. The minimum atomic E-state index is -3.76. The molecule has 29 heavy (non-hydrogen) atoms.